The SMILES string of the molecule is Cc1cc(C)cc(NC(=O)N2CCSC(c3ccccc3F)CC2)c1. The average molecular weight is 358 g/mol. The zero-order valence-electron chi connectivity index (χ0n) is 14.6. The molecule has 1 unspecified atom stereocenters. The minimum atomic E-state index is -0.159. The van der Waals surface area contributed by atoms with Crippen LogP contribution >= 0.6 is 11.8 Å². The second-order valence-corrected chi connectivity index (χ2v) is 7.77. The van der Waals surface area contributed by atoms with Crippen molar-refractivity contribution in [3.8, 4) is 0 Å². The predicted octanol–water partition coefficient (Wildman–Crippen LogP) is 5.15. The number of thioether (sulfide) groups is 1. The molecule has 25 heavy (non-hydrogen) atoms. The van der Waals surface area contributed by atoms with Gasteiger partial charge in [-0.3, -0.25) is 0 Å². The highest BCUT2D eigenvalue weighted by molar-refractivity contribution is 7.99. The molecule has 0 aliphatic carbocycles. The van der Waals surface area contributed by atoms with Gasteiger partial charge in [0.25, 0.3) is 0 Å². The van der Waals surface area contributed by atoms with Crippen molar-refractivity contribution in [3.63, 3.8) is 0 Å². The van der Waals surface area contributed by atoms with Gasteiger partial charge in [0.15, 0.2) is 0 Å². The number of benzene rings is 2. The van der Waals surface area contributed by atoms with Crippen molar-refractivity contribution < 1.29 is 9.18 Å². The molecule has 1 aliphatic heterocycles. The molecule has 0 spiro atoms. The van der Waals surface area contributed by atoms with Crippen molar-refractivity contribution in [2.75, 3.05) is 24.2 Å². The Kier molecular flexibility index (Phi) is 5.63. The van der Waals surface area contributed by atoms with Crippen molar-refractivity contribution in [2.24, 2.45) is 0 Å². The number of carbonyl (C=O) groups is 1. The molecule has 1 heterocycles. The summed E-state index contributed by atoms with van der Waals surface area (Å²) in [6, 6.07) is 12.9. The number of nitrogens with one attached hydrogen (secondary N) is 1. The molecular weight excluding hydrogens is 335 g/mol. The normalized spacial score (nSPS) is 17.9. The summed E-state index contributed by atoms with van der Waals surface area (Å²) in [5.74, 6) is 0.646. The fourth-order valence-corrected chi connectivity index (χ4v) is 4.46. The number of rotatable bonds is 2. The van der Waals surface area contributed by atoms with Crippen LogP contribution in [0, 0.1) is 19.7 Å². The van der Waals surface area contributed by atoms with Gasteiger partial charge in [-0.2, -0.15) is 11.8 Å². The molecule has 3 nitrogen and oxygen atoms in total. The van der Waals surface area contributed by atoms with Crippen molar-refractivity contribution in [1.82, 2.24) is 4.90 Å². The van der Waals surface area contributed by atoms with Crippen LogP contribution in [0.1, 0.15) is 28.4 Å². The van der Waals surface area contributed by atoms with Crippen LogP contribution in [0.15, 0.2) is 42.5 Å². The lowest BCUT2D eigenvalue weighted by Crippen LogP contribution is -2.36. The molecular formula is C20H23FN2OS. The molecule has 1 fully saturated rings. The third-order valence-electron chi connectivity index (χ3n) is 4.35. The van der Waals surface area contributed by atoms with Gasteiger partial charge in [0, 0.05) is 35.3 Å². The van der Waals surface area contributed by atoms with E-state index in [0.717, 1.165) is 34.6 Å². The summed E-state index contributed by atoms with van der Waals surface area (Å²) in [5.41, 5.74) is 3.82. The first kappa shape index (κ1) is 17.8. The van der Waals surface area contributed by atoms with Crippen LogP contribution in [0.3, 0.4) is 0 Å². The molecule has 2 aromatic rings. The van der Waals surface area contributed by atoms with Crippen LogP contribution in [0.25, 0.3) is 0 Å². The Morgan fingerprint density at radius 2 is 1.88 bits per heavy atom. The van der Waals surface area contributed by atoms with Gasteiger partial charge in [0.2, 0.25) is 0 Å². The van der Waals surface area contributed by atoms with Crippen LogP contribution in [0.5, 0.6) is 0 Å². The Morgan fingerprint density at radius 3 is 2.60 bits per heavy atom. The summed E-state index contributed by atoms with van der Waals surface area (Å²) >= 11 is 1.72. The minimum Gasteiger partial charge on any atom is -0.324 e. The first-order valence-electron chi connectivity index (χ1n) is 8.53. The molecule has 0 aromatic heterocycles. The van der Waals surface area contributed by atoms with E-state index in [1.807, 2.05) is 43.0 Å². The average Bonchev–Trinajstić information content (AvgIpc) is 2.80. The Labute approximate surface area is 152 Å². The van der Waals surface area contributed by atoms with Crippen LogP contribution in [-0.2, 0) is 0 Å². The summed E-state index contributed by atoms with van der Waals surface area (Å²) in [5, 5.41) is 3.09. The second-order valence-electron chi connectivity index (χ2n) is 6.46. The Balaban J connectivity index is 1.64. The van der Waals surface area contributed by atoms with Crippen molar-refractivity contribution in [2.45, 2.75) is 25.5 Å². The number of aryl methyl sites for hydroxylation is 2. The fourth-order valence-electron chi connectivity index (χ4n) is 3.21. The van der Waals surface area contributed by atoms with E-state index in [1.54, 1.807) is 17.8 Å². The number of nitrogens with zero attached hydrogens (tertiary/aromatic N) is 1. The van der Waals surface area contributed by atoms with Crippen LogP contribution in [0.2, 0.25) is 0 Å². The number of carbonyl (C=O) groups excluding carboxylic acids is 1. The predicted molar refractivity (Wildman–Crippen MR) is 103 cm³/mol. The van der Waals surface area contributed by atoms with Gasteiger partial charge in [-0.15, -0.1) is 0 Å². The highest BCUT2D eigenvalue weighted by Gasteiger charge is 2.23. The highest BCUT2D eigenvalue weighted by atomic mass is 32.2. The molecule has 0 radical (unpaired) electrons. The third-order valence-corrected chi connectivity index (χ3v) is 5.66. The summed E-state index contributed by atoms with van der Waals surface area (Å²) in [4.78, 5) is 14.4. The summed E-state index contributed by atoms with van der Waals surface area (Å²) in [7, 11) is 0. The van der Waals surface area contributed by atoms with E-state index < -0.39 is 0 Å². The maximum atomic E-state index is 14.0. The van der Waals surface area contributed by atoms with Crippen molar-refractivity contribution in [1.29, 1.82) is 0 Å². The zero-order chi connectivity index (χ0) is 17.8. The molecule has 1 aliphatic rings. The van der Waals surface area contributed by atoms with Gasteiger partial charge in [0.1, 0.15) is 5.82 Å². The van der Waals surface area contributed by atoms with Gasteiger partial charge < -0.3 is 10.2 Å². The van der Waals surface area contributed by atoms with Gasteiger partial charge in [-0.25, -0.2) is 9.18 Å². The molecule has 3 rings (SSSR count). The first-order valence-corrected chi connectivity index (χ1v) is 9.58. The van der Waals surface area contributed by atoms with Crippen molar-refractivity contribution in [3.05, 3.63) is 65.0 Å². The van der Waals surface area contributed by atoms with E-state index in [1.165, 1.54) is 6.07 Å². The molecule has 1 atom stereocenters. The molecule has 2 amide bonds. The quantitative estimate of drug-likeness (QED) is 0.805. The van der Waals surface area contributed by atoms with Crippen LogP contribution in [0.4, 0.5) is 14.9 Å². The lowest BCUT2D eigenvalue weighted by atomic mass is 10.1. The third kappa shape index (κ3) is 4.54. The summed E-state index contributed by atoms with van der Waals surface area (Å²) < 4.78 is 14.0. The molecule has 2 aromatic carbocycles. The van der Waals surface area contributed by atoms with Gasteiger partial charge in [0.05, 0.1) is 0 Å². The number of urea groups is 1. The fraction of sp³-hybridized carbons (Fsp3) is 0.350. The zero-order valence-corrected chi connectivity index (χ0v) is 15.4. The highest BCUT2D eigenvalue weighted by Crippen LogP contribution is 2.35. The number of anilines is 1. The monoisotopic (exact) mass is 358 g/mol. The Hall–Kier alpha value is -2.01. The Bertz CT molecular complexity index is 745. The smallest absolute Gasteiger partial charge is 0.321 e. The maximum Gasteiger partial charge on any atom is 0.321 e. The van der Waals surface area contributed by atoms with Crippen LogP contribution < -0.4 is 5.32 Å². The van der Waals surface area contributed by atoms with Gasteiger partial charge >= 0.3 is 6.03 Å². The molecule has 132 valence electrons. The largest absolute Gasteiger partial charge is 0.324 e. The number of halogens is 1. The van der Waals surface area contributed by atoms with E-state index in [2.05, 4.69) is 11.4 Å². The molecule has 0 bridgehead atoms. The van der Waals surface area contributed by atoms with Gasteiger partial charge in [-0.1, -0.05) is 24.3 Å². The molecule has 1 saturated heterocycles. The summed E-state index contributed by atoms with van der Waals surface area (Å²) in [6.45, 7) is 5.34. The lowest BCUT2D eigenvalue weighted by Gasteiger charge is -2.21. The van der Waals surface area contributed by atoms with Gasteiger partial charge in [-0.05, 0) is 49.6 Å². The summed E-state index contributed by atoms with van der Waals surface area (Å²) in [6.07, 6.45) is 0.756. The van der Waals surface area contributed by atoms with E-state index in [-0.39, 0.29) is 17.1 Å². The van der Waals surface area contributed by atoms with E-state index >= 15 is 0 Å². The molecule has 5 heteroatoms. The molecule has 1 N–H and O–H groups in total. The van der Waals surface area contributed by atoms with Crippen molar-refractivity contribution >= 4 is 23.5 Å². The second kappa shape index (κ2) is 7.91. The topological polar surface area (TPSA) is 32.3 Å². The van der Waals surface area contributed by atoms with Crippen LogP contribution in [-0.4, -0.2) is 29.8 Å². The van der Waals surface area contributed by atoms with E-state index in [4.69, 9.17) is 0 Å². The van der Waals surface area contributed by atoms with E-state index in [9.17, 15) is 9.18 Å². The number of amides is 2. The standard InChI is InChI=1S/C20H23FN2OS/c1-14-11-15(2)13-16(12-14)22-20(24)23-8-7-19(25-10-9-23)17-5-3-4-6-18(17)21/h3-6,11-13,19H,7-10H2,1-2H3,(H,22,24). The minimum absolute atomic E-state index is 0.0835. The Morgan fingerprint density at radius 1 is 1.16 bits per heavy atom. The molecule has 0 saturated carbocycles. The first-order chi connectivity index (χ1) is 12.0. The lowest BCUT2D eigenvalue weighted by molar-refractivity contribution is 0.215. The van der Waals surface area contributed by atoms with E-state index in [0.29, 0.717) is 13.1 Å². The maximum absolute atomic E-state index is 14.0. The number of hydrogen-bond donors (Lipinski definition) is 1. The number of hydrogen-bond acceptors (Lipinski definition) is 2.